The largest absolute Gasteiger partial charge is 0.496 e. The lowest BCUT2D eigenvalue weighted by Gasteiger charge is -2.12. The maximum Gasteiger partial charge on any atom is 0.123 e. The molecule has 0 heterocycles. The van der Waals surface area contributed by atoms with Crippen molar-refractivity contribution >= 4 is 0 Å². The maximum absolute atomic E-state index is 13.4. The molecule has 0 amide bonds. The average molecular weight is 259 g/mol. The minimum atomic E-state index is -0.216. The monoisotopic (exact) mass is 259 g/mol. The van der Waals surface area contributed by atoms with Crippen molar-refractivity contribution < 1.29 is 9.13 Å². The van der Waals surface area contributed by atoms with Gasteiger partial charge in [-0.2, -0.15) is 0 Å². The summed E-state index contributed by atoms with van der Waals surface area (Å²) in [6, 6.07) is 10.8. The molecule has 100 valence electrons. The third-order valence-corrected chi connectivity index (χ3v) is 3.16. The highest BCUT2D eigenvalue weighted by Crippen LogP contribution is 2.29. The Morgan fingerprint density at radius 1 is 1.16 bits per heavy atom. The van der Waals surface area contributed by atoms with Crippen LogP contribution in [0.15, 0.2) is 36.4 Å². The van der Waals surface area contributed by atoms with Gasteiger partial charge in [-0.25, -0.2) is 4.39 Å². The third-order valence-electron chi connectivity index (χ3n) is 3.16. The molecule has 0 aliphatic heterocycles. The highest BCUT2D eigenvalue weighted by atomic mass is 19.1. The van der Waals surface area contributed by atoms with Gasteiger partial charge in [0, 0.05) is 12.1 Å². The van der Waals surface area contributed by atoms with Crippen LogP contribution in [0.5, 0.6) is 5.75 Å². The molecule has 2 rings (SSSR count). The lowest BCUT2D eigenvalue weighted by atomic mass is 9.98. The van der Waals surface area contributed by atoms with Gasteiger partial charge in [0.05, 0.1) is 7.11 Å². The Morgan fingerprint density at radius 3 is 2.63 bits per heavy atom. The van der Waals surface area contributed by atoms with Crippen LogP contribution in [0, 0.1) is 12.7 Å². The van der Waals surface area contributed by atoms with Crippen molar-refractivity contribution in [3.8, 4) is 16.9 Å². The summed E-state index contributed by atoms with van der Waals surface area (Å²) in [5.74, 6) is 0.624. The lowest BCUT2D eigenvalue weighted by molar-refractivity contribution is 0.408. The number of hydrogen-bond acceptors (Lipinski definition) is 2. The van der Waals surface area contributed by atoms with Crippen molar-refractivity contribution in [2.24, 2.45) is 0 Å². The van der Waals surface area contributed by atoms with Crippen LogP contribution in [0.1, 0.15) is 11.1 Å². The molecule has 2 aromatic carbocycles. The van der Waals surface area contributed by atoms with Crippen LogP contribution >= 0.6 is 0 Å². The molecule has 2 nitrogen and oxygen atoms in total. The van der Waals surface area contributed by atoms with Crippen LogP contribution in [0.3, 0.4) is 0 Å². The van der Waals surface area contributed by atoms with E-state index in [0.29, 0.717) is 6.54 Å². The van der Waals surface area contributed by atoms with E-state index in [2.05, 4.69) is 5.32 Å². The number of methoxy groups -OCH3 is 1. The van der Waals surface area contributed by atoms with Gasteiger partial charge in [0.25, 0.3) is 0 Å². The molecule has 0 aliphatic carbocycles. The Hall–Kier alpha value is -1.87. The summed E-state index contributed by atoms with van der Waals surface area (Å²) in [4.78, 5) is 0. The molecule has 0 saturated heterocycles. The minimum absolute atomic E-state index is 0.216. The first-order chi connectivity index (χ1) is 9.15. The van der Waals surface area contributed by atoms with Crippen LogP contribution < -0.4 is 10.1 Å². The molecular weight excluding hydrogens is 241 g/mol. The van der Waals surface area contributed by atoms with E-state index < -0.39 is 0 Å². The predicted octanol–water partition coefficient (Wildman–Crippen LogP) is 3.53. The van der Waals surface area contributed by atoms with Crippen molar-refractivity contribution in [1.29, 1.82) is 0 Å². The van der Waals surface area contributed by atoms with Crippen molar-refractivity contribution in [3.05, 3.63) is 53.3 Å². The molecule has 0 aliphatic rings. The van der Waals surface area contributed by atoms with Gasteiger partial charge in [-0.3, -0.25) is 0 Å². The highest BCUT2D eigenvalue weighted by Gasteiger charge is 2.08. The van der Waals surface area contributed by atoms with E-state index >= 15 is 0 Å². The molecule has 19 heavy (non-hydrogen) atoms. The van der Waals surface area contributed by atoms with Gasteiger partial charge in [0.15, 0.2) is 0 Å². The van der Waals surface area contributed by atoms with E-state index in [1.54, 1.807) is 19.2 Å². The molecule has 0 aromatic heterocycles. The lowest BCUT2D eigenvalue weighted by Crippen LogP contribution is -2.06. The van der Waals surface area contributed by atoms with Crippen LogP contribution in [0.4, 0.5) is 4.39 Å². The first-order valence-corrected chi connectivity index (χ1v) is 6.23. The summed E-state index contributed by atoms with van der Waals surface area (Å²) in [7, 11) is 3.54. The number of hydrogen-bond donors (Lipinski definition) is 1. The van der Waals surface area contributed by atoms with Crippen LogP contribution in [-0.4, -0.2) is 14.2 Å². The SMILES string of the molecule is CNCc1cc(-c2cc(F)ccc2C)ccc1OC. The van der Waals surface area contributed by atoms with E-state index in [1.165, 1.54) is 6.07 Å². The number of aryl methyl sites for hydroxylation is 1. The van der Waals surface area contributed by atoms with Crippen molar-refractivity contribution in [1.82, 2.24) is 5.32 Å². The van der Waals surface area contributed by atoms with Gasteiger partial charge in [-0.1, -0.05) is 12.1 Å². The van der Waals surface area contributed by atoms with Crippen molar-refractivity contribution in [2.45, 2.75) is 13.5 Å². The fourth-order valence-electron chi connectivity index (χ4n) is 2.18. The molecule has 3 heteroatoms. The molecule has 0 fully saturated rings. The van der Waals surface area contributed by atoms with E-state index in [-0.39, 0.29) is 5.82 Å². The first kappa shape index (κ1) is 13.6. The molecular formula is C16H18FNO. The van der Waals surface area contributed by atoms with Crippen LogP contribution in [0.2, 0.25) is 0 Å². The number of nitrogens with one attached hydrogen (secondary N) is 1. The fraction of sp³-hybridized carbons (Fsp3) is 0.250. The summed E-state index contributed by atoms with van der Waals surface area (Å²) in [5, 5.41) is 3.11. The van der Waals surface area contributed by atoms with Gasteiger partial charge in [-0.15, -0.1) is 0 Å². The Bertz CT molecular complexity index is 581. The molecule has 0 radical (unpaired) electrons. The summed E-state index contributed by atoms with van der Waals surface area (Å²) < 4.78 is 18.7. The summed E-state index contributed by atoms with van der Waals surface area (Å²) in [6.07, 6.45) is 0. The topological polar surface area (TPSA) is 21.3 Å². The Balaban J connectivity index is 2.50. The Labute approximate surface area is 113 Å². The summed E-state index contributed by atoms with van der Waals surface area (Å²) >= 11 is 0. The molecule has 2 aromatic rings. The quantitative estimate of drug-likeness (QED) is 0.907. The van der Waals surface area contributed by atoms with Crippen molar-refractivity contribution in [3.63, 3.8) is 0 Å². The first-order valence-electron chi connectivity index (χ1n) is 6.23. The smallest absolute Gasteiger partial charge is 0.123 e. The average Bonchev–Trinajstić information content (AvgIpc) is 2.42. The van der Waals surface area contributed by atoms with Gasteiger partial charge in [-0.05, 0) is 54.9 Å². The standard InChI is InChI=1S/C16H18FNO/c1-11-4-6-14(17)9-15(11)12-5-7-16(19-3)13(8-12)10-18-2/h4-9,18H,10H2,1-3H3. The number of halogens is 1. The second-order valence-corrected chi connectivity index (χ2v) is 4.52. The van der Waals surface area contributed by atoms with Gasteiger partial charge in [0.2, 0.25) is 0 Å². The molecule has 0 saturated carbocycles. The zero-order chi connectivity index (χ0) is 13.8. The molecule has 0 unspecified atom stereocenters. The van der Waals surface area contributed by atoms with Gasteiger partial charge >= 0.3 is 0 Å². The zero-order valence-corrected chi connectivity index (χ0v) is 11.5. The molecule has 0 spiro atoms. The van der Waals surface area contributed by atoms with E-state index in [0.717, 1.165) is 28.0 Å². The number of ether oxygens (including phenoxy) is 1. The molecule has 1 N–H and O–H groups in total. The Morgan fingerprint density at radius 2 is 1.95 bits per heavy atom. The predicted molar refractivity (Wildman–Crippen MR) is 75.9 cm³/mol. The number of rotatable bonds is 4. The Kier molecular flexibility index (Phi) is 4.17. The van der Waals surface area contributed by atoms with Crippen LogP contribution in [-0.2, 0) is 6.54 Å². The highest BCUT2D eigenvalue weighted by molar-refractivity contribution is 5.69. The minimum Gasteiger partial charge on any atom is -0.496 e. The molecule has 0 atom stereocenters. The third kappa shape index (κ3) is 2.93. The van der Waals surface area contributed by atoms with E-state index in [1.807, 2.05) is 32.2 Å². The maximum atomic E-state index is 13.4. The van der Waals surface area contributed by atoms with E-state index in [9.17, 15) is 4.39 Å². The summed E-state index contributed by atoms with van der Waals surface area (Å²) in [5.41, 5.74) is 4.04. The van der Waals surface area contributed by atoms with Crippen molar-refractivity contribution in [2.75, 3.05) is 14.2 Å². The normalized spacial score (nSPS) is 10.5. The summed E-state index contributed by atoms with van der Waals surface area (Å²) in [6.45, 7) is 2.70. The second-order valence-electron chi connectivity index (χ2n) is 4.52. The zero-order valence-electron chi connectivity index (χ0n) is 11.5. The number of benzene rings is 2. The van der Waals surface area contributed by atoms with Crippen LogP contribution in [0.25, 0.3) is 11.1 Å². The molecule has 0 bridgehead atoms. The van der Waals surface area contributed by atoms with Gasteiger partial charge in [0.1, 0.15) is 11.6 Å². The van der Waals surface area contributed by atoms with E-state index in [4.69, 9.17) is 4.74 Å². The van der Waals surface area contributed by atoms with Gasteiger partial charge < -0.3 is 10.1 Å². The second kappa shape index (κ2) is 5.85. The fourth-order valence-corrected chi connectivity index (χ4v) is 2.18.